The van der Waals surface area contributed by atoms with Crippen molar-refractivity contribution in [1.82, 2.24) is 0 Å². The highest BCUT2D eigenvalue weighted by Crippen LogP contribution is 2.17. The molecule has 0 atom stereocenters. The molecule has 4 nitrogen and oxygen atoms in total. The summed E-state index contributed by atoms with van der Waals surface area (Å²) in [6.07, 6.45) is 3.37. The lowest BCUT2D eigenvalue weighted by Crippen LogP contribution is -2.22. The maximum Gasteiger partial charge on any atom is 0.331 e. The van der Waals surface area contributed by atoms with Gasteiger partial charge in [-0.3, -0.25) is 4.79 Å². The van der Waals surface area contributed by atoms with Crippen molar-refractivity contribution in [3.63, 3.8) is 0 Å². The third kappa shape index (κ3) is 4.41. The van der Waals surface area contributed by atoms with Crippen molar-refractivity contribution in [3.8, 4) is 5.75 Å². The van der Waals surface area contributed by atoms with Crippen LogP contribution in [0.25, 0.3) is 6.08 Å². The molecule has 0 amide bonds. The number of aromatic hydroxyl groups is 1. The number of rotatable bonds is 3. The van der Waals surface area contributed by atoms with Gasteiger partial charge in [0.2, 0.25) is 0 Å². The molecule has 0 heterocycles. The first-order valence-corrected chi connectivity index (χ1v) is 5.51. The summed E-state index contributed by atoms with van der Waals surface area (Å²) in [6, 6.07) is 4.49. The molecule has 0 unspecified atom stereocenters. The van der Waals surface area contributed by atoms with E-state index < -0.39 is 11.6 Å². The third-order valence-electron chi connectivity index (χ3n) is 2.00. The first-order valence-electron chi connectivity index (χ1n) is 5.51. The second-order valence-corrected chi connectivity index (χ2v) is 4.80. The van der Waals surface area contributed by atoms with Crippen LogP contribution in [0.5, 0.6) is 5.75 Å². The van der Waals surface area contributed by atoms with Gasteiger partial charge in [-0.05, 0) is 44.5 Å². The summed E-state index contributed by atoms with van der Waals surface area (Å²) in [5.74, 6) is -0.539. The molecule has 1 rings (SSSR count). The number of carbonyl (C=O) groups excluding carboxylic acids is 2. The van der Waals surface area contributed by atoms with Crippen LogP contribution < -0.4 is 0 Å². The highest BCUT2D eigenvalue weighted by Gasteiger charge is 2.13. The van der Waals surface area contributed by atoms with Crippen molar-refractivity contribution in [3.05, 3.63) is 35.4 Å². The minimum atomic E-state index is -0.537. The van der Waals surface area contributed by atoms with E-state index in [1.54, 1.807) is 26.8 Å². The molecular formula is C14H16O4. The van der Waals surface area contributed by atoms with Gasteiger partial charge in [0.1, 0.15) is 11.4 Å². The third-order valence-corrected chi connectivity index (χ3v) is 2.00. The van der Waals surface area contributed by atoms with E-state index in [-0.39, 0.29) is 11.3 Å². The summed E-state index contributed by atoms with van der Waals surface area (Å²) in [7, 11) is 0. The molecular weight excluding hydrogens is 232 g/mol. The summed E-state index contributed by atoms with van der Waals surface area (Å²) in [4.78, 5) is 22.1. The zero-order chi connectivity index (χ0) is 13.8. The molecule has 0 radical (unpaired) electrons. The van der Waals surface area contributed by atoms with Gasteiger partial charge in [-0.15, -0.1) is 0 Å². The van der Waals surface area contributed by atoms with Gasteiger partial charge in [-0.1, -0.05) is 6.07 Å². The maximum absolute atomic E-state index is 11.4. The normalized spacial score (nSPS) is 11.5. The zero-order valence-corrected chi connectivity index (χ0v) is 10.6. The molecule has 18 heavy (non-hydrogen) atoms. The van der Waals surface area contributed by atoms with Gasteiger partial charge in [0.25, 0.3) is 0 Å². The van der Waals surface area contributed by atoms with E-state index in [0.29, 0.717) is 11.8 Å². The lowest BCUT2D eigenvalue weighted by Gasteiger charge is -2.17. The van der Waals surface area contributed by atoms with Crippen molar-refractivity contribution in [2.45, 2.75) is 26.4 Å². The average molecular weight is 248 g/mol. The van der Waals surface area contributed by atoms with Crippen molar-refractivity contribution in [2.75, 3.05) is 0 Å². The van der Waals surface area contributed by atoms with Crippen LogP contribution in [0, 0.1) is 0 Å². The van der Waals surface area contributed by atoms with Gasteiger partial charge in [-0.25, -0.2) is 4.79 Å². The highest BCUT2D eigenvalue weighted by molar-refractivity contribution is 5.88. The molecule has 0 saturated carbocycles. The first-order chi connectivity index (χ1) is 8.31. The summed E-state index contributed by atoms with van der Waals surface area (Å²) in [6.45, 7) is 5.34. The molecule has 0 aromatic heterocycles. The lowest BCUT2D eigenvalue weighted by molar-refractivity contribution is -0.148. The van der Waals surface area contributed by atoms with E-state index in [9.17, 15) is 14.7 Å². The number of phenolic OH excluding ortho intramolecular Hbond substituents is 1. The Kier molecular flexibility index (Phi) is 4.26. The summed E-state index contributed by atoms with van der Waals surface area (Å²) in [5, 5.41) is 9.32. The SMILES string of the molecule is CC(C)(C)OC(=O)/C=C/c1ccc(O)c(C=O)c1. The Balaban J connectivity index is 2.79. The Morgan fingerprint density at radius 2 is 2.00 bits per heavy atom. The molecule has 1 N–H and O–H groups in total. The largest absolute Gasteiger partial charge is 0.507 e. The predicted octanol–water partition coefficient (Wildman–Crippen LogP) is 2.56. The quantitative estimate of drug-likeness (QED) is 0.507. The Hall–Kier alpha value is -2.10. The molecule has 0 saturated heterocycles. The van der Waals surface area contributed by atoms with Crippen molar-refractivity contribution in [1.29, 1.82) is 0 Å². The molecule has 0 aliphatic rings. The first kappa shape index (κ1) is 14.0. The fraction of sp³-hybridized carbons (Fsp3) is 0.286. The van der Waals surface area contributed by atoms with Crippen LogP contribution in [-0.2, 0) is 9.53 Å². The molecule has 4 heteroatoms. The van der Waals surface area contributed by atoms with E-state index >= 15 is 0 Å². The van der Waals surface area contributed by atoms with Crippen LogP contribution in [0.4, 0.5) is 0 Å². The smallest absolute Gasteiger partial charge is 0.331 e. The van der Waals surface area contributed by atoms with E-state index in [1.807, 2.05) is 0 Å². The Labute approximate surface area is 106 Å². The standard InChI is InChI=1S/C14H16O4/c1-14(2,3)18-13(17)7-5-10-4-6-12(16)11(8-10)9-15/h4-9,16H,1-3H3/b7-5+. The van der Waals surface area contributed by atoms with Crippen molar-refractivity contribution in [2.24, 2.45) is 0 Å². The Morgan fingerprint density at radius 3 is 2.56 bits per heavy atom. The van der Waals surface area contributed by atoms with Crippen LogP contribution in [0.2, 0.25) is 0 Å². The van der Waals surface area contributed by atoms with Crippen LogP contribution >= 0.6 is 0 Å². The molecule has 0 aliphatic heterocycles. The van der Waals surface area contributed by atoms with Crippen LogP contribution in [-0.4, -0.2) is 23.0 Å². The second-order valence-electron chi connectivity index (χ2n) is 4.80. The second kappa shape index (κ2) is 5.49. The van der Waals surface area contributed by atoms with Gasteiger partial charge in [0.05, 0.1) is 5.56 Å². The minimum Gasteiger partial charge on any atom is -0.507 e. The molecule has 1 aromatic carbocycles. The monoisotopic (exact) mass is 248 g/mol. The van der Waals surface area contributed by atoms with E-state index in [2.05, 4.69) is 0 Å². The van der Waals surface area contributed by atoms with Gasteiger partial charge in [-0.2, -0.15) is 0 Å². The van der Waals surface area contributed by atoms with Crippen molar-refractivity contribution >= 4 is 18.3 Å². The highest BCUT2D eigenvalue weighted by atomic mass is 16.6. The molecule has 0 aliphatic carbocycles. The van der Waals surface area contributed by atoms with Crippen LogP contribution in [0.1, 0.15) is 36.7 Å². The Morgan fingerprint density at radius 1 is 1.33 bits per heavy atom. The van der Waals surface area contributed by atoms with Crippen molar-refractivity contribution < 1.29 is 19.4 Å². The molecule has 1 aromatic rings. The average Bonchev–Trinajstić information content (AvgIpc) is 2.25. The lowest BCUT2D eigenvalue weighted by atomic mass is 10.1. The topological polar surface area (TPSA) is 63.6 Å². The Bertz CT molecular complexity index is 481. The fourth-order valence-corrected chi connectivity index (χ4v) is 1.27. The van der Waals surface area contributed by atoms with Gasteiger partial charge >= 0.3 is 5.97 Å². The zero-order valence-electron chi connectivity index (χ0n) is 10.6. The number of hydrogen-bond acceptors (Lipinski definition) is 4. The van der Waals surface area contributed by atoms with E-state index in [0.717, 1.165) is 0 Å². The van der Waals surface area contributed by atoms with Crippen LogP contribution in [0.3, 0.4) is 0 Å². The minimum absolute atomic E-state index is 0.0839. The summed E-state index contributed by atoms with van der Waals surface area (Å²) < 4.78 is 5.10. The number of benzene rings is 1. The molecule has 0 spiro atoms. The van der Waals surface area contributed by atoms with Gasteiger partial charge in [0.15, 0.2) is 6.29 Å². The predicted molar refractivity (Wildman–Crippen MR) is 68.4 cm³/mol. The van der Waals surface area contributed by atoms with E-state index in [4.69, 9.17) is 4.74 Å². The number of aldehydes is 1. The summed E-state index contributed by atoms with van der Waals surface area (Å²) >= 11 is 0. The number of carbonyl (C=O) groups is 2. The maximum atomic E-state index is 11.4. The number of esters is 1. The molecule has 96 valence electrons. The summed E-state index contributed by atoms with van der Waals surface area (Å²) in [5.41, 5.74) is 0.284. The molecule has 0 fully saturated rings. The number of ether oxygens (including phenoxy) is 1. The fourth-order valence-electron chi connectivity index (χ4n) is 1.27. The number of phenols is 1. The number of hydrogen-bond donors (Lipinski definition) is 1. The van der Waals surface area contributed by atoms with Gasteiger partial charge < -0.3 is 9.84 Å². The van der Waals surface area contributed by atoms with Crippen LogP contribution in [0.15, 0.2) is 24.3 Å². The molecule has 0 bridgehead atoms. The van der Waals surface area contributed by atoms with E-state index in [1.165, 1.54) is 24.3 Å². The van der Waals surface area contributed by atoms with Gasteiger partial charge in [0, 0.05) is 6.08 Å².